The third kappa shape index (κ3) is 1.82. The fourth-order valence-corrected chi connectivity index (χ4v) is 2.94. The van der Waals surface area contributed by atoms with Gasteiger partial charge in [-0.15, -0.1) is 0 Å². The van der Waals surface area contributed by atoms with Crippen molar-refractivity contribution in [2.75, 3.05) is 13.7 Å². The molecule has 2 bridgehead atoms. The van der Waals surface area contributed by atoms with Crippen LogP contribution in [0.4, 0.5) is 0 Å². The second-order valence-corrected chi connectivity index (χ2v) is 5.20. The number of fused-ring (bicyclic) bond motifs is 2. The molecule has 1 aromatic carbocycles. The lowest BCUT2D eigenvalue weighted by Gasteiger charge is -2.26. The Bertz CT molecular complexity index is 580. The van der Waals surface area contributed by atoms with Gasteiger partial charge in [0, 0.05) is 5.92 Å². The van der Waals surface area contributed by atoms with Crippen LogP contribution in [0.5, 0.6) is 11.5 Å². The van der Waals surface area contributed by atoms with E-state index in [1.54, 1.807) is 24.3 Å². The summed E-state index contributed by atoms with van der Waals surface area (Å²) in [5, 5.41) is 19.1. The van der Waals surface area contributed by atoms with E-state index < -0.39 is 5.60 Å². The highest BCUT2D eigenvalue weighted by molar-refractivity contribution is 5.98. The number of aliphatic hydroxyl groups is 1. The quantitative estimate of drug-likeness (QED) is 0.866. The van der Waals surface area contributed by atoms with Crippen molar-refractivity contribution in [3.8, 4) is 11.5 Å². The lowest BCUT2D eigenvalue weighted by molar-refractivity contribution is -0.143. The number of phenolic OH excluding ortho intramolecular Hbond substituents is 1. The van der Waals surface area contributed by atoms with Gasteiger partial charge in [-0.1, -0.05) is 12.1 Å². The summed E-state index contributed by atoms with van der Waals surface area (Å²) in [5.74, 6) is 0.225. The molecule has 20 heavy (non-hydrogen) atoms. The zero-order valence-corrected chi connectivity index (χ0v) is 11.1. The summed E-state index contributed by atoms with van der Waals surface area (Å²) < 4.78 is 10.8. The molecule has 1 saturated heterocycles. The molecule has 1 aromatic rings. The maximum atomic E-state index is 11.9. The number of carbonyl (C=O) groups is 1. The molecule has 2 aliphatic rings. The fourth-order valence-electron chi connectivity index (χ4n) is 2.94. The Balaban J connectivity index is 1.97. The number of ether oxygens (including phenoxy) is 2. The van der Waals surface area contributed by atoms with E-state index in [2.05, 4.69) is 0 Å². The molecule has 106 valence electrons. The lowest BCUT2D eigenvalue weighted by atomic mass is 9.87. The van der Waals surface area contributed by atoms with E-state index in [1.807, 2.05) is 0 Å². The van der Waals surface area contributed by atoms with Gasteiger partial charge in [0.1, 0.15) is 0 Å². The van der Waals surface area contributed by atoms with Crippen LogP contribution < -0.4 is 4.74 Å². The van der Waals surface area contributed by atoms with Crippen molar-refractivity contribution in [1.29, 1.82) is 0 Å². The Kier molecular flexibility index (Phi) is 3.03. The summed E-state index contributed by atoms with van der Waals surface area (Å²) in [6.07, 6.45) is 3.40. The molecule has 0 aromatic heterocycles. The summed E-state index contributed by atoms with van der Waals surface area (Å²) in [7, 11) is 1.49. The van der Waals surface area contributed by atoms with Crippen LogP contribution in [-0.4, -0.2) is 41.4 Å². The maximum absolute atomic E-state index is 11.9. The zero-order valence-electron chi connectivity index (χ0n) is 11.1. The molecule has 5 nitrogen and oxygen atoms in total. The van der Waals surface area contributed by atoms with Crippen LogP contribution in [0.2, 0.25) is 0 Å². The summed E-state index contributed by atoms with van der Waals surface area (Å²) in [6, 6.07) is 5.09. The lowest BCUT2D eigenvalue weighted by Crippen LogP contribution is -2.43. The smallest absolute Gasteiger partial charge is 0.189 e. The highest BCUT2D eigenvalue weighted by Gasteiger charge is 2.52. The maximum Gasteiger partial charge on any atom is 0.189 e. The van der Waals surface area contributed by atoms with E-state index in [0.717, 1.165) is 5.56 Å². The molecule has 2 N–H and O–H groups in total. The van der Waals surface area contributed by atoms with Crippen LogP contribution in [-0.2, 0) is 9.53 Å². The van der Waals surface area contributed by atoms with Crippen molar-refractivity contribution in [3.63, 3.8) is 0 Å². The number of phenols is 1. The highest BCUT2D eigenvalue weighted by Crippen LogP contribution is 2.46. The second kappa shape index (κ2) is 4.61. The van der Waals surface area contributed by atoms with Gasteiger partial charge in [0.05, 0.1) is 19.8 Å². The largest absolute Gasteiger partial charge is 0.504 e. The molecular weight excluding hydrogens is 260 g/mol. The Morgan fingerprint density at radius 2 is 2.30 bits per heavy atom. The predicted molar refractivity (Wildman–Crippen MR) is 70.9 cm³/mol. The first-order valence-electron chi connectivity index (χ1n) is 6.48. The van der Waals surface area contributed by atoms with E-state index in [1.165, 1.54) is 13.2 Å². The number of rotatable bonds is 3. The van der Waals surface area contributed by atoms with Gasteiger partial charge in [0.25, 0.3) is 0 Å². The van der Waals surface area contributed by atoms with Gasteiger partial charge >= 0.3 is 0 Å². The van der Waals surface area contributed by atoms with E-state index in [4.69, 9.17) is 9.47 Å². The number of benzene rings is 1. The van der Waals surface area contributed by atoms with Gasteiger partial charge in [0.15, 0.2) is 22.9 Å². The Hall–Kier alpha value is -1.85. The molecule has 3 unspecified atom stereocenters. The topological polar surface area (TPSA) is 76.0 Å². The van der Waals surface area contributed by atoms with Crippen LogP contribution in [0, 0.1) is 0 Å². The van der Waals surface area contributed by atoms with Crippen LogP contribution >= 0.6 is 0 Å². The van der Waals surface area contributed by atoms with E-state index in [0.29, 0.717) is 12.2 Å². The number of aliphatic hydroxyl groups excluding tert-OH is 1. The van der Waals surface area contributed by atoms with Gasteiger partial charge < -0.3 is 19.7 Å². The molecule has 0 aliphatic carbocycles. The number of hydrogen-bond donors (Lipinski definition) is 2. The Morgan fingerprint density at radius 3 is 2.95 bits per heavy atom. The molecule has 0 spiro atoms. The first kappa shape index (κ1) is 13.1. The SMILES string of the molecule is COc1cc(C2CC3(CO)OC2C=CC3=O)ccc1O. The summed E-state index contributed by atoms with van der Waals surface area (Å²) >= 11 is 0. The highest BCUT2D eigenvalue weighted by atomic mass is 16.5. The molecule has 2 aliphatic heterocycles. The van der Waals surface area contributed by atoms with Crippen LogP contribution in [0.1, 0.15) is 17.9 Å². The molecule has 1 fully saturated rings. The predicted octanol–water partition coefficient (Wildman–Crippen LogP) is 1.14. The van der Waals surface area contributed by atoms with Crippen molar-refractivity contribution in [1.82, 2.24) is 0 Å². The Labute approximate surface area is 116 Å². The zero-order chi connectivity index (χ0) is 14.3. The summed E-state index contributed by atoms with van der Waals surface area (Å²) in [4.78, 5) is 11.9. The number of hydrogen-bond acceptors (Lipinski definition) is 5. The molecule has 3 atom stereocenters. The molecule has 0 radical (unpaired) electrons. The van der Waals surface area contributed by atoms with Crippen molar-refractivity contribution in [3.05, 3.63) is 35.9 Å². The number of methoxy groups -OCH3 is 1. The van der Waals surface area contributed by atoms with Crippen molar-refractivity contribution in [2.45, 2.75) is 24.0 Å². The van der Waals surface area contributed by atoms with Crippen molar-refractivity contribution >= 4 is 5.78 Å². The first-order valence-corrected chi connectivity index (χ1v) is 6.48. The molecule has 2 heterocycles. The van der Waals surface area contributed by atoms with Gasteiger partial charge in [-0.3, -0.25) is 4.79 Å². The minimum Gasteiger partial charge on any atom is -0.504 e. The number of ketones is 1. The van der Waals surface area contributed by atoms with Crippen LogP contribution in [0.25, 0.3) is 0 Å². The third-order valence-electron chi connectivity index (χ3n) is 4.08. The normalized spacial score (nSPS) is 31.6. The van der Waals surface area contributed by atoms with Gasteiger partial charge in [-0.25, -0.2) is 0 Å². The second-order valence-electron chi connectivity index (χ2n) is 5.20. The monoisotopic (exact) mass is 276 g/mol. The third-order valence-corrected chi connectivity index (χ3v) is 4.08. The Morgan fingerprint density at radius 1 is 1.50 bits per heavy atom. The van der Waals surface area contributed by atoms with Crippen LogP contribution in [0.15, 0.2) is 30.4 Å². The molecule has 0 amide bonds. The van der Waals surface area contributed by atoms with E-state index in [-0.39, 0.29) is 30.2 Å². The molecular formula is C15H16O5. The average molecular weight is 276 g/mol. The van der Waals surface area contributed by atoms with E-state index in [9.17, 15) is 15.0 Å². The number of aromatic hydroxyl groups is 1. The average Bonchev–Trinajstić information content (AvgIpc) is 2.79. The molecule has 5 heteroatoms. The van der Waals surface area contributed by atoms with Gasteiger partial charge in [-0.05, 0) is 30.2 Å². The minimum absolute atomic E-state index is 0.0423. The standard InChI is InChI=1S/C15H16O5/c1-19-13-6-9(2-3-11(13)17)10-7-15(8-16)14(18)5-4-12(10)20-15/h2-6,10,12,16-17H,7-8H2,1H3. The summed E-state index contributed by atoms with van der Waals surface area (Å²) in [5.41, 5.74) is -0.200. The van der Waals surface area contributed by atoms with Crippen LogP contribution in [0.3, 0.4) is 0 Å². The minimum atomic E-state index is -1.12. The molecule has 3 rings (SSSR count). The first-order chi connectivity index (χ1) is 9.59. The van der Waals surface area contributed by atoms with Crippen molar-refractivity contribution < 1.29 is 24.5 Å². The fraction of sp³-hybridized carbons (Fsp3) is 0.400. The van der Waals surface area contributed by atoms with E-state index >= 15 is 0 Å². The molecule has 0 saturated carbocycles. The number of carbonyl (C=O) groups excluding carboxylic acids is 1. The van der Waals surface area contributed by atoms with Gasteiger partial charge in [0.2, 0.25) is 0 Å². The van der Waals surface area contributed by atoms with Crippen molar-refractivity contribution in [2.24, 2.45) is 0 Å². The summed E-state index contributed by atoms with van der Waals surface area (Å²) in [6.45, 7) is -0.321. The van der Waals surface area contributed by atoms with Gasteiger partial charge in [-0.2, -0.15) is 0 Å².